The second kappa shape index (κ2) is 4.84. The van der Waals surface area contributed by atoms with Crippen LogP contribution in [0.25, 0.3) is 0 Å². The minimum atomic E-state index is -0.169. The first kappa shape index (κ1) is 12.0. The van der Waals surface area contributed by atoms with E-state index in [4.69, 9.17) is 0 Å². The number of rotatable bonds is 3. The van der Waals surface area contributed by atoms with Crippen LogP contribution >= 0.6 is 11.3 Å². The van der Waals surface area contributed by atoms with E-state index in [1.807, 2.05) is 18.5 Å². The average molecular weight is 250 g/mol. The maximum absolute atomic E-state index is 13.1. The molecular formula is C13H15FN2S. The summed E-state index contributed by atoms with van der Waals surface area (Å²) in [6.45, 7) is 5.85. The van der Waals surface area contributed by atoms with Crippen LogP contribution in [0.3, 0.4) is 0 Å². The summed E-state index contributed by atoms with van der Waals surface area (Å²) >= 11 is 1.64. The van der Waals surface area contributed by atoms with Crippen LogP contribution in [0.2, 0.25) is 0 Å². The van der Waals surface area contributed by atoms with Crippen LogP contribution in [0.5, 0.6) is 0 Å². The van der Waals surface area contributed by atoms with Crippen LogP contribution in [0.15, 0.2) is 23.7 Å². The number of thiazole rings is 1. The Hall–Kier alpha value is -1.42. The molecule has 0 saturated carbocycles. The standard InChI is InChI=1S/C13H15FN2S/c1-8-6-11(4-5-12(8)14)16-10(3)13-9(2)15-7-17-13/h4-7,10,16H,1-3H3. The number of halogens is 1. The van der Waals surface area contributed by atoms with E-state index in [0.29, 0.717) is 5.56 Å². The lowest BCUT2D eigenvalue weighted by Gasteiger charge is -2.15. The van der Waals surface area contributed by atoms with Gasteiger partial charge in [-0.1, -0.05) is 0 Å². The highest BCUT2D eigenvalue weighted by Gasteiger charge is 2.11. The topological polar surface area (TPSA) is 24.9 Å². The second-order valence-electron chi connectivity index (χ2n) is 4.13. The van der Waals surface area contributed by atoms with Gasteiger partial charge in [0.15, 0.2) is 0 Å². The molecular weight excluding hydrogens is 235 g/mol. The summed E-state index contributed by atoms with van der Waals surface area (Å²) in [5, 5.41) is 3.36. The highest BCUT2D eigenvalue weighted by molar-refractivity contribution is 7.09. The van der Waals surface area contributed by atoms with Crippen LogP contribution in [0.4, 0.5) is 10.1 Å². The Morgan fingerprint density at radius 2 is 2.12 bits per heavy atom. The van der Waals surface area contributed by atoms with Crippen molar-refractivity contribution in [2.24, 2.45) is 0 Å². The van der Waals surface area contributed by atoms with Crippen LogP contribution in [0, 0.1) is 19.7 Å². The van der Waals surface area contributed by atoms with Gasteiger partial charge in [-0.15, -0.1) is 11.3 Å². The number of hydrogen-bond donors (Lipinski definition) is 1. The third kappa shape index (κ3) is 2.64. The quantitative estimate of drug-likeness (QED) is 0.888. The van der Waals surface area contributed by atoms with Gasteiger partial charge in [0, 0.05) is 10.6 Å². The zero-order chi connectivity index (χ0) is 12.4. The van der Waals surface area contributed by atoms with Crippen LogP contribution in [-0.2, 0) is 0 Å². The number of hydrogen-bond acceptors (Lipinski definition) is 3. The van der Waals surface area contributed by atoms with Gasteiger partial charge in [-0.2, -0.15) is 0 Å². The first-order valence-electron chi connectivity index (χ1n) is 5.50. The third-order valence-corrected chi connectivity index (χ3v) is 3.83. The fourth-order valence-electron chi connectivity index (χ4n) is 1.78. The van der Waals surface area contributed by atoms with Gasteiger partial charge in [0.2, 0.25) is 0 Å². The SMILES string of the molecule is Cc1cc(NC(C)c2scnc2C)ccc1F. The Kier molecular flexibility index (Phi) is 3.43. The van der Waals surface area contributed by atoms with Crippen molar-refractivity contribution in [1.29, 1.82) is 0 Å². The number of anilines is 1. The van der Waals surface area contributed by atoms with Gasteiger partial charge in [-0.25, -0.2) is 9.37 Å². The van der Waals surface area contributed by atoms with Gasteiger partial charge in [-0.3, -0.25) is 0 Å². The summed E-state index contributed by atoms with van der Waals surface area (Å²) < 4.78 is 13.1. The zero-order valence-corrected chi connectivity index (χ0v) is 10.9. The number of benzene rings is 1. The van der Waals surface area contributed by atoms with Crippen LogP contribution in [0.1, 0.15) is 29.1 Å². The summed E-state index contributed by atoms with van der Waals surface area (Å²) in [5.74, 6) is -0.169. The molecule has 0 aliphatic heterocycles. The Morgan fingerprint density at radius 1 is 1.35 bits per heavy atom. The van der Waals surface area contributed by atoms with Crippen LogP contribution in [-0.4, -0.2) is 4.98 Å². The van der Waals surface area contributed by atoms with E-state index in [1.165, 1.54) is 10.9 Å². The van der Waals surface area contributed by atoms with Crippen molar-refractivity contribution in [2.45, 2.75) is 26.8 Å². The molecule has 2 rings (SSSR count). The number of aromatic nitrogens is 1. The molecule has 2 aromatic rings. The molecule has 0 amide bonds. The van der Waals surface area contributed by atoms with Gasteiger partial charge in [-0.05, 0) is 44.5 Å². The molecule has 2 nitrogen and oxygen atoms in total. The van der Waals surface area contributed by atoms with E-state index in [2.05, 4.69) is 17.2 Å². The van der Waals surface area contributed by atoms with E-state index < -0.39 is 0 Å². The lowest BCUT2D eigenvalue weighted by Crippen LogP contribution is -2.06. The lowest BCUT2D eigenvalue weighted by atomic mass is 10.2. The molecule has 0 spiro atoms. The van der Waals surface area contributed by atoms with Crippen molar-refractivity contribution < 1.29 is 4.39 Å². The van der Waals surface area contributed by atoms with Crippen molar-refractivity contribution in [3.05, 3.63) is 45.7 Å². The Morgan fingerprint density at radius 3 is 2.71 bits per heavy atom. The molecule has 1 aromatic heterocycles. The molecule has 0 radical (unpaired) electrons. The average Bonchev–Trinajstić information content (AvgIpc) is 2.70. The molecule has 0 fully saturated rings. The second-order valence-corrected chi connectivity index (χ2v) is 5.02. The van der Waals surface area contributed by atoms with Crippen molar-refractivity contribution in [1.82, 2.24) is 4.98 Å². The Bertz CT molecular complexity index is 522. The largest absolute Gasteiger partial charge is 0.378 e. The van der Waals surface area contributed by atoms with Crippen molar-refractivity contribution in [3.8, 4) is 0 Å². The van der Waals surface area contributed by atoms with Gasteiger partial charge in [0.05, 0.1) is 17.2 Å². The predicted molar refractivity (Wildman–Crippen MR) is 70.0 cm³/mol. The monoisotopic (exact) mass is 250 g/mol. The first-order valence-corrected chi connectivity index (χ1v) is 6.38. The minimum absolute atomic E-state index is 0.169. The maximum atomic E-state index is 13.1. The molecule has 0 aliphatic rings. The highest BCUT2D eigenvalue weighted by atomic mass is 32.1. The molecule has 0 saturated heterocycles. The van der Waals surface area contributed by atoms with Gasteiger partial charge >= 0.3 is 0 Å². The van der Waals surface area contributed by atoms with Gasteiger partial charge in [0.25, 0.3) is 0 Å². The fourth-order valence-corrected chi connectivity index (χ4v) is 2.59. The van der Waals surface area contributed by atoms with Gasteiger partial charge in [0.1, 0.15) is 5.82 Å². The summed E-state index contributed by atoms with van der Waals surface area (Å²) in [4.78, 5) is 5.44. The summed E-state index contributed by atoms with van der Waals surface area (Å²) in [5.41, 5.74) is 4.49. The summed E-state index contributed by atoms with van der Waals surface area (Å²) in [6, 6.07) is 5.26. The normalized spacial score (nSPS) is 12.5. The van der Waals surface area contributed by atoms with E-state index >= 15 is 0 Å². The minimum Gasteiger partial charge on any atom is -0.378 e. The molecule has 1 heterocycles. The molecule has 17 heavy (non-hydrogen) atoms. The highest BCUT2D eigenvalue weighted by Crippen LogP contribution is 2.25. The molecule has 0 bridgehead atoms. The molecule has 1 atom stereocenters. The Balaban J connectivity index is 2.16. The fraction of sp³-hybridized carbons (Fsp3) is 0.308. The van der Waals surface area contributed by atoms with Crippen molar-refractivity contribution in [3.63, 3.8) is 0 Å². The molecule has 90 valence electrons. The maximum Gasteiger partial charge on any atom is 0.126 e. The smallest absolute Gasteiger partial charge is 0.126 e. The molecule has 1 N–H and O–H groups in total. The number of nitrogens with zero attached hydrogens (tertiary/aromatic N) is 1. The van der Waals surface area contributed by atoms with Gasteiger partial charge < -0.3 is 5.32 Å². The molecule has 1 unspecified atom stereocenters. The van der Waals surface area contributed by atoms with E-state index in [9.17, 15) is 4.39 Å². The van der Waals surface area contributed by atoms with Crippen molar-refractivity contribution in [2.75, 3.05) is 5.32 Å². The van der Waals surface area contributed by atoms with E-state index in [-0.39, 0.29) is 11.9 Å². The molecule has 1 aromatic carbocycles. The molecule has 0 aliphatic carbocycles. The Labute approximate surface area is 105 Å². The van der Waals surface area contributed by atoms with Crippen LogP contribution < -0.4 is 5.32 Å². The summed E-state index contributed by atoms with van der Waals surface area (Å²) in [7, 11) is 0. The van der Waals surface area contributed by atoms with E-state index in [1.54, 1.807) is 24.3 Å². The summed E-state index contributed by atoms with van der Waals surface area (Å²) in [6.07, 6.45) is 0. The third-order valence-electron chi connectivity index (χ3n) is 2.72. The van der Waals surface area contributed by atoms with E-state index in [0.717, 1.165) is 11.4 Å². The first-order chi connectivity index (χ1) is 8.08. The molecule has 4 heteroatoms. The van der Waals surface area contributed by atoms with Crippen molar-refractivity contribution >= 4 is 17.0 Å². The zero-order valence-electron chi connectivity index (χ0n) is 10.1. The predicted octanol–water partition coefficient (Wildman–Crippen LogP) is 4.07. The lowest BCUT2D eigenvalue weighted by molar-refractivity contribution is 0.618. The number of nitrogens with one attached hydrogen (secondary N) is 1. The number of aryl methyl sites for hydroxylation is 2.